The molecule has 0 saturated carbocycles. The fraction of sp³-hybridized carbons (Fsp3) is 0.600. The molecule has 1 aliphatic carbocycles. The third-order valence-corrected chi connectivity index (χ3v) is 5.35. The Morgan fingerprint density at radius 1 is 1.21 bits per heavy atom. The van der Waals surface area contributed by atoms with Gasteiger partial charge in [-0.15, -0.1) is 0 Å². The fourth-order valence-electron chi connectivity index (χ4n) is 2.75. The average Bonchev–Trinajstić information content (AvgIpc) is 3.35. The zero-order chi connectivity index (χ0) is 30.5. The Labute approximate surface area is 253 Å². The Bertz CT molecular complexity index is 771. The molecular formula is C25H49IN8O4S. The van der Waals surface area contributed by atoms with Gasteiger partial charge in [-0.25, -0.2) is 7.23 Å². The van der Waals surface area contributed by atoms with Gasteiger partial charge in [0.1, 0.15) is 29.0 Å². The Morgan fingerprint density at radius 3 is 2.36 bits per heavy atom. The Kier molecular flexibility index (Phi) is 31.9. The van der Waals surface area contributed by atoms with Crippen molar-refractivity contribution in [1.29, 1.82) is 0 Å². The van der Waals surface area contributed by atoms with Gasteiger partial charge in [-0.3, -0.25) is 19.4 Å². The maximum Gasteiger partial charge on any atom is 0.243 e. The monoisotopic (exact) mass is 684 g/mol. The van der Waals surface area contributed by atoms with Gasteiger partial charge in [-0.05, 0) is 37.8 Å². The molecule has 12 nitrogen and oxygen atoms in total. The molecule has 1 aliphatic heterocycles. The number of nitrogens with two attached hydrogens (primary N) is 3. The fourth-order valence-corrected chi connectivity index (χ4v) is 3.29. The number of hydrogen-bond acceptors (Lipinski definition) is 8. The Morgan fingerprint density at radius 2 is 1.87 bits per heavy atom. The lowest BCUT2D eigenvalue weighted by atomic mass is 10.2. The highest BCUT2D eigenvalue weighted by molar-refractivity contribution is 14.1. The predicted molar refractivity (Wildman–Crippen MR) is 171 cm³/mol. The molecule has 39 heavy (non-hydrogen) atoms. The number of aliphatic imine (C=N–C) groups is 1. The molecule has 0 aromatic rings. The largest absolute Gasteiger partial charge is 0.399 e. The quantitative estimate of drug-likeness (QED) is 0.0382. The van der Waals surface area contributed by atoms with Crippen LogP contribution in [0.3, 0.4) is 0 Å². The van der Waals surface area contributed by atoms with E-state index in [1.54, 1.807) is 12.2 Å². The molecule has 1 fully saturated rings. The zero-order valence-electron chi connectivity index (χ0n) is 24.2. The standard InChI is InChI=1S/C15H20N4O3.C4H11N3.C2H6INOS.2C2H6/c16-11-3-1-4-12(7-6-11)18-14(21)9-17-15(22)13-5-2-8-19(13)10-20;1-2-3-7-4(5)6;1-2-4-6-5-3;2*1-2/h3-4,6-7,10,13H,1-2,5,8-9,16H2,(H,17,22)(H,18,21);2-3H2,1H3,(H4,5,6,7);4H,2H2,1H3;2*1-2H3. The molecule has 14 heteroatoms. The second kappa shape index (κ2) is 30.2. The van der Waals surface area contributed by atoms with Crippen LogP contribution in [0.15, 0.2) is 40.7 Å². The molecule has 0 bridgehead atoms. The van der Waals surface area contributed by atoms with Crippen molar-refractivity contribution < 1.29 is 16.9 Å². The molecular weight excluding hydrogens is 635 g/mol. The van der Waals surface area contributed by atoms with Gasteiger partial charge in [0.15, 0.2) is 5.96 Å². The van der Waals surface area contributed by atoms with Crippen molar-refractivity contribution in [2.45, 2.75) is 73.3 Å². The molecule has 0 aromatic carbocycles. The summed E-state index contributed by atoms with van der Waals surface area (Å²) < 4.78 is 7.44. The van der Waals surface area contributed by atoms with E-state index in [9.17, 15) is 14.4 Å². The summed E-state index contributed by atoms with van der Waals surface area (Å²) in [6.45, 7) is 14.2. The number of hydrogen-bond donors (Lipinski definition) is 6. The van der Waals surface area contributed by atoms with Gasteiger partial charge in [0.05, 0.1) is 18.8 Å². The third kappa shape index (κ3) is 24.5. The van der Waals surface area contributed by atoms with Crippen molar-refractivity contribution >= 4 is 59.4 Å². The summed E-state index contributed by atoms with van der Waals surface area (Å²) in [6.07, 6.45) is 10.8. The SMILES string of the molecule is CC.CC.CCCN=C(N)N.CCNSOI.NC1=CCC=C(NC(=O)CNC(=O)C2CCCN2C=O)C=C1. The van der Waals surface area contributed by atoms with E-state index in [0.717, 1.165) is 25.9 Å². The molecule has 0 radical (unpaired) electrons. The molecule has 9 N–H and O–H groups in total. The molecule has 226 valence electrons. The van der Waals surface area contributed by atoms with Gasteiger partial charge in [-0.2, -0.15) is 0 Å². The van der Waals surface area contributed by atoms with Crippen LogP contribution < -0.4 is 32.6 Å². The molecule has 0 spiro atoms. The van der Waals surface area contributed by atoms with Crippen LogP contribution in [0, 0.1) is 0 Å². The smallest absolute Gasteiger partial charge is 0.243 e. The van der Waals surface area contributed by atoms with E-state index in [1.165, 1.54) is 17.1 Å². The maximum atomic E-state index is 12.0. The predicted octanol–water partition coefficient (Wildman–Crippen LogP) is 2.77. The van der Waals surface area contributed by atoms with Crippen LogP contribution in [0.25, 0.3) is 0 Å². The first-order chi connectivity index (χ1) is 18.8. The van der Waals surface area contributed by atoms with E-state index in [4.69, 9.17) is 17.2 Å². The second-order valence-corrected chi connectivity index (χ2v) is 8.81. The molecule has 2 rings (SSSR count). The first kappa shape index (κ1) is 41.2. The molecule has 3 amide bonds. The van der Waals surface area contributed by atoms with Gasteiger partial charge >= 0.3 is 0 Å². The van der Waals surface area contributed by atoms with Crippen LogP contribution in [0.2, 0.25) is 0 Å². The molecule has 2 aliphatic rings. The summed E-state index contributed by atoms with van der Waals surface area (Å²) >= 11 is 3.06. The number of halogens is 1. The topological polar surface area (TPSA) is 190 Å². The summed E-state index contributed by atoms with van der Waals surface area (Å²) in [6, 6.07) is -0.466. The summed E-state index contributed by atoms with van der Waals surface area (Å²) in [4.78, 5) is 39.8. The first-order valence-electron chi connectivity index (χ1n) is 13.1. The minimum atomic E-state index is -0.466. The van der Waals surface area contributed by atoms with Crippen molar-refractivity contribution in [3.63, 3.8) is 0 Å². The van der Waals surface area contributed by atoms with Crippen molar-refractivity contribution in [3.05, 3.63) is 35.7 Å². The number of guanidine groups is 1. The Balaban J connectivity index is -0.000000629. The number of rotatable bonds is 10. The van der Waals surface area contributed by atoms with Crippen LogP contribution in [-0.4, -0.2) is 61.3 Å². The van der Waals surface area contributed by atoms with Crippen LogP contribution >= 0.6 is 35.2 Å². The van der Waals surface area contributed by atoms with Gasteiger partial charge in [-0.1, -0.05) is 53.7 Å². The maximum absolute atomic E-state index is 12.0. The first-order valence-corrected chi connectivity index (χ1v) is 14.8. The minimum absolute atomic E-state index is 0.129. The molecule has 1 saturated heterocycles. The van der Waals surface area contributed by atoms with E-state index < -0.39 is 6.04 Å². The summed E-state index contributed by atoms with van der Waals surface area (Å²) in [5, 5.41) is 5.26. The highest BCUT2D eigenvalue weighted by atomic mass is 127. The lowest BCUT2D eigenvalue weighted by molar-refractivity contribution is -0.132. The molecule has 1 atom stereocenters. The Hall–Kier alpha value is -2.30. The number of nitrogens with one attached hydrogen (secondary N) is 3. The van der Waals surface area contributed by atoms with Crippen molar-refractivity contribution in [2.24, 2.45) is 22.2 Å². The summed E-state index contributed by atoms with van der Waals surface area (Å²) in [5.74, 6) is -0.432. The average molecular weight is 685 g/mol. The minimum Gasteiger partial charge on any atom is -0.399 e. The normalized spacial score (nSPS) is 14.8. The van der Waals surface area contributed by atoms with E-state index >= 15 is 0 Å². The molecule has 1 unspecified atom stereocenters. The lowest BCUT2D eigenvalue weighted by Crippen LogP contribution is -2.45. The zero-order valence-corrected chi connectivity index (χ0v) is 27.1. The number of amides is 3. The van der Waals surface area contributed by atoms with E-state index in [2.05, 4.69) is 22.9 Å². The van der Waals surface area contributed by atoms with E-state index in [-0.39, 0.29) is 24.3 Å². The second-order valence-electron chi connectivity index (χ2n) is 7.15. The van der Waals surface area contributed by atoms with E-state index in [1.807, 2.05) is 76.7 Å². The molecule has 0 aromatic heterocycles. The van der Waals surface area contributed by atoms with E-state index in [0.29, 0.717) is 37.2 Å². The van der Waals surface area contributed by atoms with Crippen LogP contribution in [-0.2, 0) is 16.9 Å². The highest BCUT2D eigenvalue weighted by Gasteiger charge is 2.29. The van der Waals surface area contributed by atoms with Crippen LogP contribution in [0.1, 0.15) is 67.2 Å². The van der Waals surface area contributed by atoms with Gasteiger partial charge in [0.2, 0.25) is 18.2 Å². The highest BCUT2D eigenvalue weighted by Crippen LogP contribution is 2.14. The number of carbonyl (C=O) groups is 3. The van der Waals surface area contributed by atoms with Crippen LogP contribution in [0.5, 0.6) is 0 Å². The van der Waals surface area contributed by atoms with Gasteiger partial charge in [0.25, 0.3) is 0 Å². The summed E-state index contributed by atoms with van der Waals surface area (Å²) in [7, 11) is 0. The lowest BCUT2D eigenvalue weighted by Gasteiger charge is -2.18. The number of nitrogens with zero attached hydrogens (tertiary/aromatic N) is 2. The number of allylic oxidation sites excluding steroid dienone is 4. The third-order valence-electron chi connectivity index (χ3n) is 4.34. The molecule has 1 heterocycles. The van der Waals surface area contributed by atoms with Gasteiger partial charge in [0, 0.05) is 31.0 Å². The van der Waals surface area contributed by atoms with Crippen molar-refractivity contribution in [3.8, 4) is 0 Å². The van der Waals surface area contributed by atoms with Crippen molar-refractivity contribution in [2.75, 3.05) is 26.2 Å². The summed E-state index contributed by atoms with van der Waals surface area (Å²) in [5.41, 5.74) is 17.0. The number of carbonyl (C=O) groups excluding carboxylic acids is 3. The van der Waals surface area contributed by atoms with Crippen LogP contribution in [0.4, 0.5) is 0 Å². The number of likely N-dealkylation sites (tertiary alicyclic amines) is 1. The van der Waals surface area contributed by atoms with Gasteiger partial charge < -0.3 is 32.7 Å². The van der Waals surface area contributed by atoms with Crippen molar-refractivity contribution in [1.82, 2.24) is 20.3 Å².